The summed E-state index contributed by atoms with van der Waals surface area (Å²) in [6.07, 6.45) is 1.84. The summed E-state index contributed by atoms with van der Waals surface area (Å²) in [5.74, 6) is 0. The van der Waals surface area contributed by atoms with Crippen LogP contribution >= 0.6 is 11.6 Å². The second-order valence-electron chi connectivity index (χ2n) is 6.40. The third-order valence-corrected chi connectivity index (χ3v) is 5.16. The summed E-state index contributed by atoms with van der Waals surface area (Å²) in [6.45, 7) is 2.90. The quantitative estimate of drug-likeness (QED) is 0.622. The van der Waals surface area contributed by atoms with Crippen molar-refractivity contribution in [2.75, 3.05) is 19.8 Å². The van der Waals surface area contributed by atoms with Crippen LogP contribution in [0.15, 0.2) is 48.5 Å². The Kier molecular flexibility index (Phi) is 5.68. The van der Waals surface area contributed by atoms with Gasteiger partial charge >= 0.3 is 0 Å². The molecule has 1 fully saturated rings. The molecule has 0 spiro atoms. The van der Waals surface area contributed by atoms with Gasteiger partial charge < -0.3 is 10.1 Å². The molecule has 0 aliphatic carbocycles. The topological polar surface area (TPSA) is 64.4 Å². The van der Waals surface area contributed by atoms with Gasteiger partial charge in [0.05, 0.1) is 4.92 Å². The van der Waals surface area contributed by atoms with Crippen LogP contribution in [0.5, 0.6) is 0 Å². The number of hydrogen-bond donors (Lipinski definition) is 1. The van der Waals surface area contributed by atoms with E-state index in [1.807, 2.05) is 18.2 Å². The molecule has 0 amide bonds. The Bertz CT molecular complexity index is 728. The average Bonchev–Trinajstić information content (AvgIpc) is 2.63. The molecule has 5 nitrogen and oxygen atoms in total. The van der Waals surface area contributed by atoms with Crippen molar-refractivity contribution in [1.82, 2.24) is 5.32 Å². The number of nitro groups is 1. The zero-order valence-corrected chi connectivity index (χ0v) is 14.7. The van der Waals surface area contributed by atoms with E-state index < -0.39 is 0 Å². The van der Waals surface area contributed by atoms with Gasteiger partial charge in [0.25, 0.3) is 5.69 Å². The van der Waals surface area contributed by atoms with Crippen molar-refractivity contribution in [3.63, 3.8) is 0 Å². The fourth-order valence-electron chi connectivity index (χ4n) is 3.38. The molecule has 3 rings (SSSR count). The van der Waals surface area contributed by atoms with Gasteiger partial charge in [-0.15, -0.1) is 0 Å². The second-order valence-corrected chi connectivity index (χ2v) is 6.81. The van der Waals surface area contributed by atoms with Crippen molar-refractivity contribution < 1.29 is 9.66 Å². The van der Waals surface area contributed by atoms with E-state index in [-0.39, 0.29) is 16.0 Å². The van der Waals surface area contributed by atoms with Crippen molar-refractivity contribution in [2.24, 2.45) is 0 Å². The maximum atomic E-state index is 10.7. The van der Waals surface area contributed by atoms with E-state index in [1.165, 1.54) is 12.1 Å². The average molecular weight is 361 g/mol. The Labute approximate surface area is 152 Å². The minimum absolute atomic E-state index is 0.0443. The number of halogens is 1. The Balaban J connectivity index is 1.69. The summed E-state index contributed by atoms with van der Waals surface area (Å²) in [4.78, 5) is 10.3. The van der Waals surface area contributed by atoms with Gasteiger partial charge in [-0.25, -0.2) is 0 Å². The number of nitro benzene ring substituents is 1. The summed E-state index contributed by atoms with van der Waals surface area (Å²) in [7, 11) is 0. The van der Waals surface area contributed by atoms with E-state index in [2.05, 4.69) is 11.4 Å². The molecule has 2 aromatic carbocycles. The van der Waals surface area contributed by atoms with Gasteiger partial charge in [-0.05, 0) is 30.0 Å². The molecule has 0 atom stereocenters. The summed E-state index contributed by atoms with van der Waals surface area (Å²) >= 11 is 6.46. The van der Waals surface area contributed by atoms with Crippen LogP contribution in [-0.4, -0.2) is 24.7 Å². The van der Waals surface area contributed by atoms with E-state index in [9.17, 15) is 10.1 Å². The van der Waals surface area contributed by atoms with E-state index in [0.717, 1.165) is 48.7 Å². The zero-order chi connectivity index (χ0) is 17.7. The lowest BCUT2D eigenvalue weighted by Gasteiger charge is -2.38. The molecule has 1 aliphatic rings. The Morgan fingerprint density at radius 2 is 1.80 bits per heavy atom. The highest BCUT2D eigenvalue weighted by Gasteiger charge is 2.35. The van der Waals surface area contributed by atoms with Crippen LogP contribution in [0.25, 0.3) is 0 Å². The first-order chi connectivity index (χ1) is 12.1. The number of non-ortho nitro benzene ring substituents is 1. The Morgan fingerprint density at radius 3 is 2.44 bits per heavy atom. The molecule has 0 radical (unpaired) electrons. The second kappa shape index (κ2) is 7.95. The molecule has 0 unspecified atom stereocenters. The van der Waals surface area contributed by atoms with Crippen LogP contribution in [0.2, 0.25) is 5.02 Å². The largest absolute Gasteiger partial charge is 0.381 e. The molecule has 1 saturated heterocycles. The van der Waals surface area contributed by atoms with Gasteiger partial charge in [0.15, 0.2) is 0 Å². The monoisotopic (exact) mass is 360 g/mol. The number of rotatable bonds is 6. The van der Waals surface area contributed by atoms with Crippen LogP contribution in [0, 0.1) is 10.1 Å². The van der Waals surface area contributed by atoms with Crippen LogP contribution in [0.4, 0.5) is 5.69 Å². The number of ether oxygens (including phenoxy) is 1. The van der Waals surface area contributed by atoms with Gasteiger partial charge in [-0.1, -0.05) is 41.9 Å². The first-order valence-electron chi connectivity index (χ1n) is 8.38. The molecule has 0 aromatic heterocycles. The number of nitrogens with one attached hydrogen (secondary N) is 1. The molecule has 0 saturated carbocycles. The Morgan fingerprint density at radius 1 is 1.12 bits per heavy atom. The number of nitrogens with zero attached hydrogens (tertiary/aromatic N) is 1. The van der Waals surface area contributed by atoms with Crippen LogP contribution in [0.3, 0.4) is 0 Å². The third-order valence-electron chi connectivity index (χ3n) is 4.83. The predicted octanol–water partition coefficient (Wildman–Crippen LogP) is 4.09. The number of hydrogen-bond acceptors (Lipinski definition) is 4. The van der Waals surface area contributed by atoms with Gasteiger partial charge in [0.1, 0.15) is 0 Å². The van der Waals surface area contributed by atoms with Crippen molar-refractivity contribution in [3.05, 3.63) is 74.8 Å². The molecule has 0 bridgehead atoms. The van der Waals surface area contributed by atoms with Crippen molar-refractivity contribution in [2.45, 2.75) is 24.8 Å². The third kappa shape index (κ3) is 4.18. The van der Waals surface area contributed by atoms with Crippen molar-refractivity contribution >= 4 is 17.3 Å². The SMILES string of the molecule is O=[N+]([O-])c1ccc(CNCC2(c3ccccc3Cl)CCOCC2)cc1. The highest BCUT2D eigenvalue weighted by atomic mass is 35.5. The first kappa shape index (κ1) is 17.9. The fourth-order valence-corrected chi connectivity index (χ4v) is 3.71. The molecule has 1 heterocycles. The Hall–Kier alpha value is -1.95. The zero-order valence-electron chi connectivity index (χ0n) is 13.9. The lowest BCUT2D eigenvalue weighted by atomic mass is 9.74. The minimum atomic E-state index is -0.383. The molecule has 1 aliphatic heterocycles. The fraction of sp³-hybridized carbons (Fsp3) is 0.368. The summed E-state index contributed by atoms with van der Waals surface area (Å²) < 4.78 is 5.55. The van der Waals surface area contributed by atoms with Crippen molar-refractivity contribution in [3.8, 4) is 0 Å². The summed E-state index contributed by atoms with van der Waals surface area (Å²) in [5.41, 5.74) is 2.25. The molecular formula is C19H21ClN2O3. The van der Waals surface area contributed by atoms with Crippen LogP contribution in [0.1, 0.15) is 24.0 Å². The van der Waals surface area contributed by atoms with Crippen LogP contribution < -0.4 is 5.32 Å². The van der Waals surface area contributed by atoms with Gasteiger partial charge in [-0.2, -0.15) is 0 Å². The van der Waals surface area contributed by atoms with E-state index in [1.54, 1.807) is 12.1 Å². The minimum Gasteiger partial charge on any atom is -0.381 e. The molecule has 25 heavy (non-hydrogen) atoms. The van der Waals surface area contributed by atoms with Gasteiger partial charge in [-0.3, -0.25) is 10.1 Å². The summed E-state index contributed by atoms with van der Waals surface area (Å²) in [6, 6.07) is 14.7. The highest BCUT2D eigenvalue weighted by molar-refractivity contribution is 6.31. The maximum absolute atomic E-state index is 10.7. The molecule has 132 valence electrons. The lowest BCUT2D eigenvalue weighted by Crippen LogP contribution is -2.42. The van der Waals surface area contributed by atoms with E-state index in [4.69, 9.17) is 16.3 Å². The smallest absolute Gasteiger partial charge is 0.269 e. The first-order valence-corrected chi connectivity index (χ1v) is 8.75. The molecule has 6 heteroatoms. The highest BCUT2D eigenvalue weighted by Crippen LogP contribution is 2.38. The van der Waals surface area contributed by atoms with Crippen molar-refractivity contribution in [1.29, 1.82) is 0 Å². The standard InChI is InChI=1S/C19H21ClN2O3/c20-18-4-2-1-3-17(18)19(9-11-25-12-10-19)14-21-13-15-5-7-16(8-6-15)22(23)24/h1-8,21H,9-14H2. The number of benzene rings is 2. The van der Waals surface area contributed by atoms with E-state index >= 15 is 0 Å². The predicted molar refractivity (Wildman–Crippen MR) is 98.0 cm³/mol. The molecular weight excluding hydrogens is 340 g/mol. The van der Waals surface area contributed by atoms with E-state index in [0.29, 0.717) is 6.54 Å². The van der Waals surface area contributed by atoms with Gasteiger partial charge in [0.2, 0.25) is 0 Å². The molecule has 2 aromatic rings. The maximum Gasteiger partial charge on any atom is 0.269 e. The summed E-state index contributed by atoms with van der Waals surface area (Å²) in [5, 5.41) is 15.0. The van der Waals surface area contributed by atoms with Crippen LogP contribution in [-0.2, 0) is 16.7 Å². The normalized spacial score (nSPS) is 16.5. The van der Waals surface area contributed by atoms with Gasteiger partial charge in [0, 0.05) is 48.9 Å². The molecule has 1 N–H and O–H groups in total. The lowest BCUT2D eigenvalue weighted by molar-refractivity contribution is -0.384.